The van der Waals surface area contributed by atoms with Crippen LogP contribution >= 0.6 is 23.4 Å². The largest absolute Gasteiger partial charge is 0.351 e. The first-order valence-corrected chi connectivity index (χ1v) is 14.7. The number of aromatic amines is 1. The normalized spacial score (nSPS) is 16.5. The van der Waals surface area contributed by atoms with Gasteiger partial charge in [0.25, 0.3) is 11.8 Å². The number of benzene rings is 4. The van der Waals surface area contributed by atoms with E-state index >= 15 is 0 Å². The number of H-pyrrole nitrogens is 1. The van der Waals surface area contributed by atoms with Crippen LogP contribution < -0.4 is 15.5 Å². The lowest BCUT2D eigenvalue weighted by Crippen LogP contribution is -2.52. The van der Waals surface area contributed by atoms with Crippen LogP contribution in [-0.2, 0) is 16.1 Å². The van der Waals surface area contributed by atoms with Crippen molar-refractivity contribution in [1.82, 2.24) is 15.6 Å². The number of hydrogen-bond acceptors (Lipinski definition) is 4. The molecule has 2 atom stereocenters. The van der Waals surface area contributed by atoms with Crippen LogP contribution in [0.1, 0.15) is 26.9 Å². The molecule has 0 bridgehead atoms. The van der Waals surface area contributed by atoms with Gasteiger partial charge < -0.3 is 20.5 Å². The molecule has 6 rings (SSSR count). The number of thioether (sulfide) groups is 1. The monoisotopic (exact) mass is 594 g/mol. The summed E-state index contributed by atoms with van der Waals surface area (Å²) < 4.78 is 0. The molecule has 1 aliphatic heterocycles. The van der Waals surface area contributed by atoms with Crippen LogP contribution in [0.25, 0.3) is 10.9 Å². The van der Waals surface area contributed by atoms with Gasteiger partial charge in [0.1, 0.15) is 18.3 Å². The van der Waals surface area contributed by atoms with Gasteiger partial charge in [-0.15, -0.1) is 11.8 Å². The minimum atomic E-state index is -0.982. The zero-order valence-corrected chi connectivity index (χ0v) is 24.0. The van der Waals surface area contributed by atoms with E-state index < -0.39 is 23.1 Å². The number of anilines is 1. The number of amides is 3. The van der Waals surface area contributed by atoms with Gasteiger partial charge in [-0.1, -0.05) is 90.5 Å². The third-order valence-corrected chi connectivity index (χ3v) is 8.74. The van der Waals surface area contributed by atoms with Crippen LogP contribution in [0.15, 0.2) is 114 Å². The van der Waals surface area contributed by atoms with Crippen LogP contribution in [0.4, 0.5) is 5.69 Å². The summed E-state index contributed by atoms with van der Waals surface area (Å²) in [6.45, 7) is 0.109. The molecule has 3 amide bonds. The van der Waals surface area contributed by atoms with E-state index in [-0.39, 0.29) is 12.5 Å². The Balaban J connectivity index is 1.35. The van der Waals surface area contributed by atoms with Crippen molar-refractivity contribution in [3.8, 4) is 0 Å². The molecule has 0 fully saturated rings. The third kappa shape index (κ3) is 5.91. The highest BCUT2D eigenvalue weighted by molar-refractivity contribution is 7.99. The van der Waals surface area contributed by atoms with Crippen molar-refractivity contribution in [2.24, 2.45) is 0 Å². The molecule has 0 unspecified atom stereocenters. The van der Waals surface area contributed by atoms with Crippen molar-refractivity contribution < 1.29 is 14.4 Å². The van der Waals surface area contributed by atoms with Gasteiger partial charge in [0.2, 0.25) is 5.91 Å². The van der Waals surface area contributed by atoms with Gasteiger partial charge in [-0.05, 0) is 41.5 Å². The predicted octanol–water partition coefficient (Wildman–Crippen LogP) is 6.12. The second-order valence-electron chi connectivity index (χ2n) is 9.97. The molecule has 4 aromatic carbocycles. The third-order valence-electron chi connectivity index (χ3n) is 7.12. The fourth-order valence-corrected chi connectivity index (χ4v) is 6.66. The molecule has 1 aromatic heterocycles. The molecule has 9 heteroatoms. The van der Waals surface area contributed by atoms with E-state index in [1.807, 2.05) is 84.9 Å². The Labute approximate surface area is 252 Å². The Kier molecular flexibility index (Phi) is 7.99. The van der Waals surface area contributed by atoms with Crippen LogP contribution in [0.5, 0.6) is 0 Å². The molecular formula is C33H27ClN4O3S. The fourth-order valence-electron chi connectivity index (χ4n) is 5.04. The number of carbonyl (C=O) groups excluding carboxylic acids is 3. The molecule has 0 saturated carbocycles. The first-order valence-electron chi connectivity index (χ1n) is 13.5. The maximum absolute atomic E-state index is 14.4. The van der Waals surface area contributed by atoms with Gasteiger partial charge >= 0.3 is 0 Å². The van der Waals surface area contributed by atoms with Gasteiger partial charge in [-0.3, -0.25) is 14.4 Å². The van der Waals surface area contributed by atoms with Gasteiger partial charge in [0.15, 0.2) is 0 Å². The number of para-hydroxylation sites is 1. The van der Waals surface area contributed by atoms with E-state index in [0.717, 1.165) is 26.9 Å². The second-order valence-corrected chi connectivity index (χ2v) is 11.6. The first kappa shape index (κ1) is 27.6. The van der Waals surface area contributed by atoms with E-state index in [1.54, 1.807) is 24.3 Å². The van der Waals surface area contributed by atoms with Crippen molar-refractivity contribution >= 4 is 57.7 Å². The average molecular weight is 595 g/mol. The summed E-state index contributed by atoms with van der Waals surface area (Å²) in [6, 6.07) is 32.7. The Morgan fingerprint density at radius 3 is 2.36 bits per heavy atom. The van der Waals surface area contributed by atoms with Gasteiger partial charge in [0, 0.05) is 27.4 Å². The predicted molar refractivity (Wildman–Crippen MR) is 167 cm³/mol. The standard InChI is InChI=1S/C33H27ClN4O3S/c34-24-15-16-27-28(18-24)42-31(22-11-5-2-6-12-22)30(37-32(40)26-17-23-13-7-8-14-25(23)36-26)33(41)38(27)20-29(39)35-19-21-9-3-1-4-10-21/h1-18,30-31,36H,19-20H2,(H,35,39)(H,37,40)/t30-,31+/m1/s1. The summed E-state index contributed by atoms with van der Waals surface area (Å²) in [5.74, 6) is -1.13. The van der Waals surface area contributed by atoms with Gasteiger partial charge in [-0.25, -0.2) is 0 Å². The molecule has 3 N–H and O–H groups in total. The number of hydrogen-bond donors (Lipinski definition) is 3. The molecule has 1 aliphatic rings. The molecular weight excluding hydrogens is 568 g/mol. The van der Waals surface area contributed by atoms with Gasteiger partial charge in [0.05, 0.1) is 10.9 Å². The summed E-state index contributed by atoms with van der Waals surface area (Å²) in [7, 11) is 0. The van der Waals surface area contributed by atoms with Crippen LogP contribution in [0.2, 0.25) is 5.02 Å². The first-order chi connectivity index (χ1) is 20.5. The number of carbonyl (C=O) groups is 3. The lowest BCUT2D eigenvalue weighted by atomic mass is 10.0. The maximum Gasteiger partial charge on any atom is 0.268 e. The molecule has 210 valence electrons. The van der Waals surface area contributed by atoms with Crippen molar-refractivity contribution in [2.75, 3.05) is 11.4 Å². The smallest absolute Gasteiger partial charge is 0.268 e. The highest BCUT2D eigenvalue weighted by atomic mass is 35.5. The minimum absolute atomic E-state index is 0.221. The molecule has 0 aliphatic carbocycles. The Hall–Kier alpha value is -4.53. The number of aromatic nitrogens is 1. The number of nitrogens with one attached hydrogen (secondary N) is 3. The lowest BCUT2D eigenvalue weighted by Gasteiger charge is -2.28. The summed E-state index contributed by atoms with van der Waals surface area (Å²) in [4.78, 5) is 46.5. The lowest BCUT2D eigenvalue weighted by molar-refractivity contribution is -0.124. The summed E-state index contributed by atoms with van der Waals surface area (Å²) in [6.07, 6.45) is 0. The van der Waals surface area contributed by atoms with Crippen molar-refractivity contribution in [3.63, 3.8) is 0 Å². The SMILES string of the molecule is O=C(CN1C(=O)[C@H](NC(=O)c2cc3ccccc3[nH]2)[C@H](c2ccccc2)Sc2cc(Cl)ccc21)NCc1ccccc1. The number of halogens is 1. The van der Waals surface area contributed by atoms with Crippen LogP contribution in [0, 0.1) is 0 Å². The maximum atomic E-state index is 14.4. The topological polar surface area (TPSA) is 94.3 Å². The zero-order valence-electron chi connectivity index (χ0n) is 22.4. The summed E-state index contributed by atoms with van der Waals surface area (Å²) >= 11 is 7.84. The zero-order chi connectivity index (χ0) is 29.1. The summed E-state index contributed by atoms with van der Waals surface area (Å²) in [5.41, 5.74) is 3.54. The number of fused-ring (bicyclic) bond motifs is 2. The quantitative estimate of drug-likeness (QED) is 0.212. The summed E-state index contributed by atoms with van der Waals surface area (Å²) in [5, 5.41) is 6.82. The highest BCUT2D eigenvalue weighted by Gasteiger charge is 2.40. The van der Waals surface area contributed by atoms with E-state index in [2.05, 4.69) is 15.6 Å². The Morgan fingerprint density at radius 1 is 0.881 bits per heavy atom. The van der Waals surface area contributed by atoms with Crippen molar-refractivity contribution in [3.05, 3.63) is 131 Å². The van der Waals surface area contributed by atoms with E-state index in [1.165, 1.54) is 16.7 Å². The van der Waals surface area contributed by atoms with E-state index in [9.17, 15) is 14.4 Å². The second kappa shape index (κ2) is 12.1. The van der Waals surface area contributed by atoms with Crippen molar-refractivity contribution in [1.29, 1.82) is 0 Å². The number of rotatable bonds is 7. The Bertz CT molecular complexity index is 1730. The molecule has 42 heavy (non-hydrogen) atoms. The van der Waals surface area contributed by atoms with Crippen LogP contribution in [0.3, 0.4) is 0 Å². The van der Waals surface area contributed by atoms with Gasteiger partial charge in [-0.2, -0.15) is 0 Å². The highest BCUT2D eigenvalue weighted by Crippen LogP contribution is 2.46. The molecule has 0 radical (unpaired) electrons. The molecule has 0 spiro atoms. The number of nitrogens with zero attached hydrogens (tertiary/aromatic N) is 1. The molecule has 0 saturated heterocycles. The van der Waals surface area contributed by atoms with Crippen molar-refractivity contribution in [2.45, 2.75) is 22.7 Å². The minimum Gasteiger partial charge on any atom is -0.351 e. The molecule has 7 nitrogen and oxygen atoms in total. The average Bonchev–Trinajstić information content (AvgIpc) is 3.42. The van der Waals surface area contributed by atoms with E-state index in [0.29, 0.717) is 22.9 Å². The Morgan fingerprint density at radius 2 is 1.60 bits per heavy atom. The molecule has 5 aromatic rings. The van der Waals surface area contributed by atoms with Crippen LogP contribution in [-0.4, -0.2) is 35.3 Å². The van der Waals surface area contributed by atoms with E-state index in [4.69, 9.17) is 11.6 Å². The fraction of sp³-hybridized carbons (Fsp3) is 0.121. The molecule has 2 heterocycles.